The van der Waals surface area contributed by atoms with Crippen molar-refractivity contribution in [1.82, 2.24) is 0 Å². The van der Waals surface area contributed by atoms with Crippen LogP contribution in [0, 0.1) is 0 Å². The minimum Gasteiger partial charge on any atom is -0.462 e. The minimum absolute atomic E-state index is 0.0670. The number of esters is 3. The molecular weight excluding hydrogens is 745 g/mol. The van der Waals surface area contributed by atoms with Crippen molar-refractivity contribution in [3.8, 4) is 0 Å². The van der Waals surface area contributed by atoms with E-state index in [1.54, 1.807) is 0 Å². The highest BCUT2D eigenvalue weighted by Gasteiger charge is 2.19. The molecule has 0 aliphatic rings. The van der Waals surface area contributed by atoms with Gasteiger partial charge in [-0.1, -0.05) is 245 Å². The van der Waals surface area contributed by atoms with Gasteiger partial charge in [0.1, 0.15) is 13.2 Å². The van der Waals surface area contributed by atoms with Gasteiger partial charge in [-0.2, -0.15) is 0 Å². The van der Waals surface area contributed by atoms with Gasteiger partial charge in [0.25, 0.3) is 0 Å². The standard InChI is InChI=1S/C54H102O6/c1-4-7-10-13-16-19-22-25-27-28-30-32-35-38-41-44-47-53(56)59-50-51(49-58-52(55)46-43-40-37-34-31-24-21-18-15-12-9-6-3)60-54(57)48-45-42-39-36-33-29-26-23-20-17-14-11-8-5-2/h18,21,51H,4-17,19-20,22-50H2,1-3H3/b21-18-. The summed E-state index contributed by atoms with van der Waals surface area (Å²) >= 11 is 0. The lowest BCUT2D eigenvalue weighted by Crippen LogP contribution is -2.30. The lowest BCUT2D eigenvalue weighted by Gasteiger charge is -2.18. The number of unbranched alkanes of at least 4 members (excludes halogenated alkanes) is 36. The van der Waals surface area contributed by atoms with Crippen molar-refractivity contribution in [1.29, 1.82) is 0 Å². The smallest absolute Gasteiger partial charge is 0.306 e. The normalized spacial score (nSPS) is 12.0. The van der Waals surface area contributed by atoms with E-state index in [0.29, 0.717) is 19.3 Å². The Morgan fingerprint density at radius 2 is 0.550 bits per heavy atom. The summed E-state index contributed by atoms with van der Waals surface area (Å²) in [7, 11) is 0. The summed E-state index contributed by atoms with van der Waals surface area (Å²) in [6.07, 6.45) is 54.8. The number of carbonyl (C=O) groups excluding carboxylic acids is 3. The average molecular weight is 847 g/mol. The van der Waals surface area contributed by atoms with Crippen LogP contribution in [0.4, 0.5) is 0 Å². The maximum Gasteiger partial charge on any atom is 0.306 e. The van der Waals surface area contributed by atoms with Crippen LogP contribution in [-0.2, 0) is 28.6 Å². The van der Waals surface area contributed by atoms with Crippen LogP contribution in [-0.4, -0.2) is 37.2 Å². The van der Waals surface area contributed by atoms with Crippen molar-refractivity contribution >= 4 is 17.9 Å². The monoisotopic (exact) mass is 847 g/mol. The Kier molecular flexibility index (Phi) is 48.3. The maximum absolute atomic E-state index is 12.8. The van der Waals surface area contributed by atoms with Crippen molar-refractivity contribution in [3.63, 3.8) is 0 Å². The Morgan fingerprint density at radius 1 is 0.317 bits per heavy atom. The Hall–Kier alpha value is -1.85. The topological polar surface area (TPSA) is 78.9 Å². The minimum atomic E-state index is -0.766. The molecule has 0 fully saturated rings. The van der Waals surface area contributed by atoms with E-state index in [2.05, 4.69) is 32.9 Å². The Labute approximate surface area is 373 Å². The predicted molar refractivity (Wildman–Crippen MR) is 256 cm³/mol. The van der Waals surface area contributed by atoms with Gasteiger partial charge >= 0.3 is 17.9 Å². The maximum atomic E-state index is 12.8. The van der Waals surface area contributed by atoms with Crippen LogP contribution in [0.15, 0.2) is 12.2 Å². The molecule has 1 atom stereocenters. The van der Waals surface area contributed by atoms with Gasteiger partial charge in [0.05, 0.1) is 0 Å². The number of allylic oxidation sites excluding steroid dienone is 2. The largest absolute Gasteiger partial charge is 0.462 e. The molecule has 354 valence electrons. The molecule has 1 unspecified atom stereocenters. The lowest BCUT2D eigenvalue weighted by atomic mass is 10.0. The van der Waals surface area contributed by atoms with Gasteiger partial charge in [-0.25, -0.2) is 0 Å². The van der Waals surface area contributed by atoms with Gasteiger partial charge in [-0.05, 0) is 44.9 Å². The van der Waals surface area contributed by atoms with Crippen LogP contribution < -0.4 is 0 Å². The highest BCUT2D eigenvalue weighted by Crippen LogP contribution is 2.17. The van der Waals surface area contributed by atoms with Gasteiger partial charge in [0, 0.05) is 19.3 Å². The molecule has 0 aromatic rings. The molecule has 0 bridgehead atoms. The van der Waals surface area contributed by atoms with Crippen LogP contribution in [0.5, 0.6) is 0 Å². The summed E-state index contributed by atoms with van der Waals surface area (Å²) in [5.74, 6) is -0.858. The van der Waals surface area contributed by atoms with Crippen molar-refractivity contribution < 1.29 is 28.6 Å². The van der Waals surface area contributed by atoms with E-state index in [9.17, 15) is 14.4 Å². The third-order valence-electron chi connectivity index (χ3n) is 12.0. The first-order chi connectivity index (χ1) is 29.5. The molecule has 0 N–H and O–H groups in total. The molecule has 6 heteroatoms. The van der Waals surface area contributed by atoms with Gasteiger partial charge in [-0.15, -0.1) is 0 Å². The molecule has 0 radical (unpaired) electrons. The second kappa shape index (κ2) is 49.8. The first kappa shape index (κ1) is 58.1. The Bertz CT molecular complexity index is 931. The van der Waals surface area contributed by atoms with Gasteiger partial charge < -0.3 is 14.2 Å². The highest BCUT2D eigenvalue weighted by atomic mass is 16.6. The van der Waals surface area contributed by atoms with Crippen LogP contribution in [0.2, 0.25) is 0 Å². The molecule has 0 aliphatic heterocycles. The second-order valence-corrected chi connectivity index (χ2v) is 18.2. The summed E-state index contributed by atoms with van der Waals surface area (Å²) in [5, 5.41) is 0. The Morgan fingerprint density at radius 3 is 0.867 bits per heavy atom. The van der Waals surface area contributed by atoms with E-state index < -0.39 is 6.10 Å². The van der Waals surface area contributed by atoms with Crippen molar-refractivity contribution in [2.75, 3.05) is 13.2 Å². The zero-order valence-electron chi connectivity index (χ0n) is 40.5. The number of hydrogen-bond acceptors (Lipinski definition) is 6. The summed E-state index contributed by atoms with van der Waals surface area (Å²) in [4.78, 5) is 38.0. The molecule has 0 saturated heterocycles. The number of hydrogen-bond donors (Lipinski definition) is 0. The third kappa shape index (κ3) is 47.2. The zero-order chi connectivity index (χ0) is 43.7. The summed E-state index contributed by atoms with van der Waals surface area (Å²) in [5.41, 5.74) is 0. The molecule has 0 heterocycles. The van der Waals surface area contributed by atoms with Gasteiger partial charge in [0.2, 0.25) is 0 Å². The van der Waals surface area contributed by atoms with Gasteiger partial charge in [-0.3, -0.25) is 14.4 Å². The lowest BCUT2D eigenvalue weighted by molar-refractivity contribution is -0.167. The zero-order valence-corrected chi connectivity index (χ0v) is 40.5. The quantitative estimate of drug-likeness (QED) is 0.0263. The van der Waals surface area contributed by atoms with E-state index >= 15 is 0 Å². The van der Waals surface area contributed by atoms with E-state index in [1.165, 1.54) is 193 Å². The van der Waals surface area contributed by atoms with E-state index in [0.717, 1.165) is 64.2 Å². The van der Waals surface area contributed by atoms with Crippen molar-refractivity contribution in [2.45, 2.75) is 303 Å². The summed E-state index contributed by atoms with van der Waals surface area (Å²) in [6, 6.07) is 0. The summed E-state index contributed by atoms with van der Waals surface area (Å²) < 4.78 is 16.8. The van der Waals surface area contributed by atoms with Crippen LogP contribution in [0.3, 0.4) is 0 Å². The molecule has 60 heavy (non-hydrogen) atoms. The number of ether oxygens (including phenoxy) is 3. The average Bonchev–Trinajstić information content (AvgIpc) is 3.24. The highest BCUT2D eigenvalue weighted by molar-refractivity contribution is 5.71. The van der Waals surface area contributed by atoms with Crippen molar-refractivity contribution in [3.05, 3.63) is 12.2 Å². The van der Waals surface area contributed by atoms with Crippen LogP contribution in [0.1, 0.15) is 297 Å². The van der Waals surface area contributed by atoms with Gasteiger partial charge in [0.15, 0.2) is 6.10 Å². The Balaban J connectivity index is 4.31. The molecule has 0 spiro atoms. The summed E-state index contributed by atoms with van der Waals surface area (Å²) in [6.45, 7) is 6.65. The molecular formula is C54H102O6. The molecule has 0 rings (SSSR count). The van der Waals surface area contributed by atoms with E-state index in [1.807, 2.05) is 0 Å². The SMILES string of the molecule is CCCCC/C=C\CCCCCCCC(=O)OCC(COC(=O)CCCCCCCCCCCCCCCCCC)OC(=O)CCCCCCCCCCCCCCCC. The second-order valence-electron chi connectivity index (χ2n) is 18.2. The molecule has 6 nitrogen and oxygen atoms in total. The fourth-order valence-electron chi connectivity index (χ4n) is 7.97. The number of carbonyl (C=O) groups is 3. The first-order valence-corrected chi connectivity index (χ1v) is 26.7. The molecule has 0 aliphatic carbocycles. The van der Waals surface area contributed by atoms with Crippen LogP contribution in [0.25, 0.3) is 0 Å². The van der Waals surface area contributed by atoms with E-state index in [-0.39, 0.29) is 31.1 Å². The first-order valence-electron chi connectivity index (χ1n) is 26.7. The fraction of sp³-hybridized carbons (Fsp3) is 0.907. The molecule has 0 aromatic carbocycles. The van der Waals surface area contributed by atoms with Crippen molar-refractivity contribution in [2.24, 2.45) is 0 Å². The number of rotatable bonds is 49. The van der Waals surface area contributed by atoms with E-state index in [4.69, 9.17) is 14.2 Å². The molecule has 0 aromatic heterocycles. The van der Waals surface area contributed by atoms with Crippen LogP contribution >= 0.6 is 0 Å². The predicted octanol–water partition coefficient (Wildman–Crippen LogP) is 17.4. The fourth-order valence-corrected chi connectivity index (χ4v) is 7.97. The third-order valence-corrected chi connectivity index (χ3v) is 12.0. The molecule has 0 amide bonds. The molecule has 0 saturated carbocycles.